The maximum atomic E-state index is 12.0. The second-order valence-electron chi connectivity index (χ2n) is 3.81. The number of carbonyl (C=O) groups excluding carboxylic acids is 1. The lowest BCUT2D eigenvalue weighted by atomic mass is 9.99. The van der Waals surface area contributed by atoms with Gasteiger partial charge in [-0.1, -0.05) is 0 Å². The molecule has 0 saturated carbocycles. The lowest BCUT2D eigenvalue weighted by molar-refractivity contribution is 0.0986. The van der Waals surface area contributed by atoms with E-state index in [9.17, 15) is 4.79 Å². The molecular formula is C13H18O3S. The zero-order valence-electron chi connectivity index (χ0n) is 10.7. The van der Waals surface area contributed by atoms with Crippen LogP contribution in [0.4, 0.5) is 0 Å². The Balaban J connectivity index is 3.37. The van der Waals surface area contributed by atoms with Crippen LogP contribution in [0.25, 0.3) is 0 Å². The van der Waals surface area contributed by atoms with Crippen LogP contribution < -0.4 is 9.47 Å². The normalized spacial score (nSPS) is 10.2. The molecule has 0 unspecified atom stereocenters. The van der Waals surface area contributed by atoms with Crippen molar-refractivity contribution in [3.05, 3.63) is 22.8 Å². The number of methoxy groups -OCH3 is 2. The lowest BCUT2D eigenvalue weighted by Gasteiger charge is -2.15. The SMILES string of the molecule is COc1cc(C(=O)CCS)c(OC)c(C)c1C. The number of hydrogen-bond donors (Lipinski definition) is 1. The smallest absolute Gasteiger partial charge is 0.167 e. The van der Waals surface area contributed by atoms with Crippen LogP contribution in [0.2, 0.25) is 0 Å². The van der Waals surface area contributed by atoms with Gasteiger partial charge in [-0.05, 0) is 36.8 Å². The first-order valence-electron chi connectivity index (χ1n) is 5.43. The maximum absolute atomic E-state index is 12.0. The Morgan fingerprint density at radius 3 is 2.35 bits per heavy atom. The van der Waals surface area contributed by atoms with Crippen molar-refractivity contribution >= 4 is 18.4 Å². The highest BCUT2D eigenvalue weighted by Gasteiger charge is 2.18. The van der Waals surface area contributed by atoms with E-state index in [-0.39, 0.29) is 5.78 Å². The molecule has 0 bridgehead atoms. The summed E-state index contributed by atoms with van der Waals surface area (Å²) in [5.74, 6) is 1.90. The van der Waals surface area contributed by atoms with Crippen molar-refractivity contribution in [3.63, 3.8) is 0 Å². The number of rotatable bonds is 5. The largest absolute Gasteiger partial charge is 0.496 e. The Morgan fingerprint density at radius 2 is 1.88 bits per heavy atom. The minimum Gasteiger partial charge on any atom is -0.496 e. The molecule has 1 aromatic rings. The van der Waals surface area contributed by atoms with Crippen LogP contribution in [-0.4, -0.2) is 25.8 Å². The quantitative estimate of drug-likeness (QED) is 0.648. The Bertz CT molecular complexity index is 427. The van der Waals surface area contributed by atoms with E-state index in [0.29, 0.717) is 29.2 Å². The molecule has 0 aliphatic heterocycles. The van der Waals surface area contributed by atoms with Crippen LogP contribution in [0.5, 0.6) is 11.5 Å². The molecule has 0 N–H and O–H groups in total. The molecule has 0 aliphatic carbocycles. The van der Waals surface area contributed by atoms with Crippen LogP contribution in [0.1, 0.15) is 27.9 Å². The summed E-state index contributed by atoms with van der Waals surface area (Å²) in [6.45, 7) is 3.87. The summed E-state index contributed by atoms with van der Waals surface area (Å²) in [7, 11) is 3.17. The molecule has 94 valence electrons. The van der Waals surface area contributed by atoms with Crippen molar-refractivity contribution in [3.8, 4) is 11.5 Å². The fourth-order valence-corrected chi connectivity index (χ4v) is 1.98. The van der Waals surface area contributed by atoms with Gasteiger partial charge in [-0.3, -0.25) is 4.79 Å². The third kappa shape index (κ3) is 2.75. The molecule has 0 radical (unpaired) electrons. The van der Waals surface area contributed by atoms with Crippen molar-refractivity contribution in [2.24, 2.45) is 0 Å². The number of Topliss-reactive ketones (excluding diaryl/α,β-unsaturated/α-hetero) is 1. The molecule has 0 aliphatic rings. The topological polar surface area (TPSA) is 35.5 Å². The van der Waals surface area contributed by atoms with E-state index in [0.717, 1.165) is 11.1 Å². The molecule has 0 fully saturated rings. The Hall–Kier alpha value is -1.16. The predicted molar refractivity (Wildman–Crippen MR) is 71.8 cm³/mol. The van der Waals surface area contributed by atoms with Crippen LogP contribution in [0.15, 0.2) is 6.07 Å². The fraction of sp³-hybridized carbons (Fsp3) is 0.462. The van der Waals surface area contributed by atoms with Crippen molar-refractivity contribution in [2.75, 3.05) is 20.0 Å². The van der Waals surface area contributed by atoms with E-state index in [2.05, 4.69) is 12.6 Å². The van der Waals surface area contributed by atoms with Gasteiger partial charge in [0.05, 0.1) is 19.8 Å². The number of thiol groups is 1. The second-order valence-corrected chi connectivity index (χ2v) is 4.25. The number of ketones is 1. The molecule has 0 atom stereocenters. The predicted octanol–water partition coefficient (Wildman–Crippen LogP) is 2.82. The average Bonchev–Trinajstić information content (AvgIpc) is 2.32. The molecule has 0 spiro atoms. The number of benzene rings is 1. The van der Waals surface area contributed by atoms with Crippen molar-refractivity contribution < 1.29 is 14.3 Å². The lowest BCUT2D eigenvalue weighted by Crippen LogP contribution is -2.06. The van der Waals surface area contributed by atoms with E-state index in [1.807, 2.05) is 13.8 Å². The second kappa shape index (κ2) is 5.96. The highest BCUT2D eigenvalue weighted by atomic mass is 32.1. The molecule has 0 amide bonds. The summed E-state index contributed by atoms with van der Waals surface area (Å²) in [6, 6.07) is 1.74. The van der Waals surface area contributed by atoms with Gasteiger partial charge in [0.1, 0.15) is 11.5 Å². The summed E-state index contributed by atoms with van der Waals surface area (Å²) in [5, 5.41) is 0. The Labute approximate surface area is 108 Å². The minimum absolute atomic E-state index is 0.0262. The van der Waals surface area contributed by atoms with Gasteiger partial charge < -0.3 is 9.47 Å². The molecule has 3 nitrogen and oxygen atoms in total. The molecule has 0 saturated heterocycles. The molecule has 17 heavy (non-hydrogen) atoms. The van der Waals surface area contributed by atoms with Crippen LogP contribution in [0, 0.1) is 13.8 Å². The minimum atomic E-state index is 0.0262. The van der Waals surface area contributed by atoms with Gasteiger partial charge in [0.15, 0.2) is 5.78 Å². The van der Waals surface area contributed by atoms with E-state index in [1.165, 1.54) is 0 Å². The monoisotopic (exact) mass is 254 g/mol. The van der Waals surface area contributed by atoms with E-state index in [1.54, 1.807) is 20.3 Å². The highest BCUT2D eigenvalue weighted by Crippen LogP contribution is 2.33. The van der Waals surface area contributed by atoms with Crippen molar-refractivity contribution in [2.45, 2.75) is 20.3 Å². The number of carbonyl (C=O) groups is 1. The summed E-state index contributed by atoms with van der Waals surface area (Å²) in [5.41, 5.74) is 2.50. The van der Waals surface area contributed by atoms with Crippen molar-refractivity contribution in [1.82, 2.24) is 0 Å². The third-order valence-corrected chi connectivity index (χ3v) is 3.08. The van der Waals surface area contributed by atoms with Crippen molar-refractivity contribution in [1.29, 1.82) is 0 Å². The fourth-order valence-electron chi connectivity index (χ4n) is 1.78. The third-order valence-electron chi connectivity index (χ3n) is 2.86. The zero-order chi connectivity index (χ0) is 13.0. The first-order valence-corrected chi connectivity index (χ1v) is 6.06. The van der Waals surface area contributed by atoms with Gasteiger partial charge in [-0.15, -0.1) is 0 Å². The Morgan fingerprint density at radius 1 is 1.24 bits per heavy atom. The molecule has 0 heterocycles. The maximum Gasteiger partial charge on any atom is 0.167 e. The van der Waals surface area contributed by atoms with Crippen LogP contribution >= 0.6 is 12.6 Å². The standard InChI is InChI=1S/C13H18O3S/c1-8-9(2)13(16-4)10(7-12(8)15-3)11(14)5-6-17/h7,17H,5-6H2,1-4H3. The van der Waals surface area contributed by atoms with Crippen LogP contribution in [0.3, 0.4) is 0 Å². The zero-order valence-corrected chi connectivity index (χ0v) is 11.6. The first kappa shape index (κ1) is 13.9. The van der Waals surface area contributed by atoms with Crippen LogP contribution in [-0.2, 0) is 0 Å². The molecule has 0 aromatic heterocycles. The van der Waals surface area contributed by atoms with E-state index < -0.39 is 0 Å². The van der Waals surface area contributed by atoms with Gasteiger partial charge in [-0.25, -0.2) is 0 Å². The molecule has 1 aromatic carbocycles. The average molecular weight is 254 g/mol. The number of hydrogen-bond acceptors (Lipinski definition) is 4. The van der Waals surface area contributed by atoms with E-state index >= 15 is 0 Å². The number of ether oxygens (including phenoxy) is 2. The van der Waals surface area contributed by atoms with E-state index in [4.69, 9.17) is 9.47 Å². The van der Waals surface area contributed by atoms with Gasteiger partial charge in [0.25, 0.3) is 0 Å². The van der Waals surface area contributed by atoms with Gasteiger partial charge in [0, 0.05) is 6.42 Å². The van der Waals surface area contributed by atoms with Gasteiger partial charge in [-0.2, -0.15) is 12.6 Å². The molecule has 1 rings (SSSR count). The molecular weight excluding hydrogens is 236 g/mol. The summed E-state index contributed by atoms with van der Waals surface area (Å²) in [6.07, 6.45) is 0.394. The summed E-state index contributed by atoms with van der Waals surface area (Å²) >= 11 is 4.08. The summed E-state index contributed by atoms with van der Waals surface area (Å²) < 4.78 is 10.6. The first-order chi connectivity index (χ1) is 8.06. The highest BCUT2D eigenvalue weighted by molar-refractivity contribution is 7.80. The summed E-state index contributed by atoms with van der Waals surface area (Å²) in [4.78, 5) is 12.0. The van der Waals surface area contributed by atoms with Gasteiger partial charge >= 0.3 is 0 Å². The van der Waals surface area contributed by atoms with Gasteiger partial charge in [0.2, 0.25) is 0 Å². The Kier molecular flexibility index (Phi) is 4.87. The molecule has 4 heteroatoms.